The third-order valence-electron chi connectivity index (χ3n) is 3.37. The lowest BCUT2D eigenvalue weighted by molar-refractivity contribution is 0.0876. The molecule has 0 saturated heterocycles. The highest BCUT2D eigenvalue weighted by Crippen LogP contribution is 2.37. The van der Waals surface area contributed by atoms with Gasteiger partial charge in [0.05, 0.1) is 5.57 Å². The van der Waals surface area contributed by atoms with Gasteiger partial charge in [0, 0.05) is 17.5 Å². The Morgan fingerprint density at radius 3 is 2.44 bits per heavy atom. The van der Waals surface area contributed by atoms with Gasteiger partial charge in [-0.15, -0.1) is 0 Å². The second-order valence-corrected chi connectivity index (χ2v) is 4.67. The molecule has 1 heterocycles. The van der Waals surface area contributed by atoms with Gasteiger partial charge >= 0.3 is 0 Å². The van der Waals surface area contributed by atoms with E-state index in [0.29, 0.717) is 23.1 Å². The highest BCUT2D eigenvalue weighted by atomic mass is 16.5. The van der Waals surface area contributed by atoms with Crippen molar-refractivity contribution in [3.05, 3.63) is 58.9 Å². The molecule has 0 N–H and O–H groups in total. The maximum atomic E-state index is 12.3. The van der Waals surface area contributed by atoms with E-state index in [2.05, 4.69) is 6.58 Å². The third-order valence-corrected chi connectivity index (χ3v) is 3.37. The summed E-state index contributed by atoms with van der Waals surface area (Å²) in [4.78, 5) is 24.5. The number of fused-ring (bicyclic) bond motifs is 1. The Morgan fingerprint density at radius 2 is 1.83 bits per heavy atom. The van der Waals surface area contributed by atoms with Crippen LogP contribution in [0.3, 0.4) is 0 Å². The number of hydrogen-bond acceptors (Lipinski definition) is 3. The average molecular weight is 240 g/mol. The van der Waals surface area contributed by atoms with E-state index < -0.39 is 0 Å². The van der Waals surface area contributed by atoms with Gasteiger partial charge in [0.15, 0.2) is 11.5 Å². The molecule has 3 nitrogen and oxygen atoms in total. The van der Waals surface area contributed by atoms with Gasteiger partial charge < -0.3 is 4.74 Å². The summed E-state index contributed by atoms with van der Waals surface area (Å²) in [6.45, 7) is 5.66. The molecule has 1 aromatic carbocycles. The van der Waals surface area contributed by atoms with Crippen LogP contribution in [0.2, 0.25) is 0 Å². The fourth-order valence-electron chi connectivity index (χ4n) is 2.36. The van der Waals surface area contributed by atoms with Crippen LogP contribution in [0.25, 0.3) is 0 Å². The van der Waals surface area contributed by atoms with Crippen molar-refractivity contribution in [2.45, 2.75) is 19.4 Å². The van der Waals surface area contributed by atoms with Crippen molar-refractivity contribution < 1.29 is 14.3 Å². The normalized spacial score (nSPS) is 21.5. The molecule has 0 unspecified atom stereocenters. The molecule has 0 saturated carbocycles. The molecule has 0 aromatic heterocycles. The van der Waals surface area contributed by atoms with Gasteiger partial charge in [-0.1, -0.05) is 30.8 Å². The van der Waals surface area contributed by atoms with E-state index in [1.165, 1.54) is 0 Å². The highest BCUT2D eigenvalue weighted by Gasteiger charge is 2.40. The molecule has 0 fully saturated rings. The van der Waals surface area contributed by atoms with Gasteiger partial charge in [-0.25, -0.2) is 0 Å². The minimum atomic E-state index is -0.253. The number of carbonyl (C=O) groups is 2. The Morgan fingerprint density at radius 1 is 1.22 bits per heavy atom. The molecule has 1 aliphatic carbocycles. The SMILES string of the molecule is C=C(C)[C@H]1CC2=C(O1)C(=O)c1ccccc1C2=O. The summed E-state index contributed by atoms with van der Waals surface area (Å²) < 4.78 is 5.58. The first kappa shape index (κ1) is 11.0. The Bertz CT molecular complexity index is 575. The molecule has 2 aliphatic rings. The Hall–Kier alpha value is -2.16. The lowest BCUT2D eigenvalue weighted by Gasteiger charge is -2.15. The third kappa shape index (κ3) is 1.37. The monoisotopic (exact) mass is 240 g/mol. The van der Waals surface area contributed by atoms with Crippen molar-refractivity contribution in [2.24, 2.45) is 0 Å². The van der Waals surface area contributed by atoms with E-state index in [-0.39, 0.29) is 23.4 Å². The number of hydrogen-bond donors (Lipinski definition) is 0. The summed E-state index contributed by atoms with van der Waals surface area (Å²) in [5.74, 6) is -0.0698. The summed E-state index contributed by atoms with van der Waals surface area (Å²) in [6, 6.07) is 6.87. The summed E-state index contributed by atoms with van der Waals surface area (Å²) in [6.07, 6.45) is 0.195. The molecule has 0 bridgehead atoms. The smallest absolute Gasteiger partial charge is 0.228 e. The Balaban J connectivity index is 2.09. The zero-order valence-electron chi connectivity index (χ0n) is 10.0. The predicted octanol–water partition coefficient (Wildman–Crippen LogP) is 2.68. The number of rotatable bonds is 1. The minimum Gasteiger partial charge on any atom is -0.481 e. The van der Waals surface area contributed by atoms with Crippen LogP contribution in [0.1, 0.15) is 34.1 Å². The molecule has 1 atom stereocenters. The number of ketones is 2. The van der Waals surface area contributed by atoms with Crippen LogP contribution in [-0.4, -0.2) is 17.7 Å². The van der Waals surface area contributed by atoms with E-state index in [0.717, 1.165) is 5.57 Å². The van der Waals surface area contributed by atoms with Gasteiger partial charge in [0.1, 0.15) is 6.10 Å². The Labute approximate surface area is 105 Å². The lowest BCUT2D eigenvalue weighted by atomic mass is 9.87. The number of benzene rings is 1. The van der Waals surface area contributed by atoms with Crippen molar-refractivity contribution in [3.63, 3.8) is 0 Å². The van der Waals surface area contributed by atoms with Gasteiger partial charge in [-0.2, -0.15) is 0 Å². The molecule has 0 amide bonds. The standard InChI is InChI=1S/C15H12O3/c1-8(2)12-7-11-13(16)9-5-3-4-6-10(9)14(17)15(11)18-12/h3-6,12H,1,7H2,2H3/t12-/m1/s1. The van der Waals surface area contributed by atoms with Crippen LogP contribution in [0, 0.1) is 0 Å². The minimum absolute atomic E-state index is 0.0936. The molecule has 1 aromatic rings. The van der Waals surface area contributed by atoms with Crippen molar-refractivity contribution in [1.29, 1.82) is 0 Å². The van der Waals surface area contributed by atoms with E-state index in [9.17, 15) is 9.59 Å². The van der Waals surface area contributed by atoms with Crippen LogP contribution in [-0.2, 0) is 4.74 Å². The van der Waals surface area contributed by atoms with Gasteiger partial charge in [0.2, 0.25) is 5.78 Å². The van der Waals surface area contributed by atoms with E-state index in [4.69, 9.17) is 4.74 Å². The molecule has 0 spiro atoms. The highest BCUT2D eigenvalue weighted by molar-refractivity contribution is 6.26. The fraction of sp³-hybridized carbons (Fsp3) is 0.200. The fourth-order valence-corrected chi connectivity index (χ4v) is 2.36. The van der Waals surface area contributed by atoms with Crippen molar-refractivity contribution in [2.75, 3.05) is 0 Å². The second-order valence-electron chi connectivity index (χ2n) is 4.67. The van der Waals surface area contributed by atoms with E-state index in [1.807, 2.05) is 6.92 Å². The summed E-state index contributed by atoms with van der Waals surface area (Å²) >= 11 is 0. The maximum Gasteiger partial charge on any atom is 0.228 e. The van der Waals surface area contributed by atoms with Crippen molar-refractivity contribution in [1.82, 2.24) is 0 Å². The summed E-state index contributed by atoms with van der Waals surface area (Å²) in [5, 5.41) is 0. The first-order valence-electron chi connectivity index (χ1n) is 5.83. The van der Waals surface area contributed by atoms with Crippen molar-refractivity contribution in [3.8, 4) is 0 Å². The molecular formula is C15H12O3. The van der Waals surface area contributed by atoms with Crippen LogP contribution in [0.4, 0.5) is 0 Å². The number of allylic oxidation sites excluding steroid dienone is 1. The Kier molecular flexibility index (Phi) is 2.23. The molecule has 90 valence electrons. The van der Waals surface area contributed by atoms with Gasteiger partial charge in [0.25, 0.3) is 0 Å². The molecule has 18 heavy (non-hydrogen) atoms. The van der Waals surface area contributed by atoms with Crippen molar-refractivity contribution >= 4 is 11.6 Å². The quantitative estimate of drug-likeness (QED) is 0.709. The van der Waals surface area contributed by atoms with Crippen LogP contribution in [0.5, 0.6) is 0 Å². The largest absolute Gasteiger partial charge is 0.481 e. The summed E-state index contributed by atoms with van der Waals surface area (Å²) in [7, 11) is 0. The second kappa shape index (κ2) is 3.67. The number of Topliss-reactive ketones (excluding diaryl/α,β-unsaturated/α-hetero) is 2. The topological polar surface area (TPSA) is 43.4 Å². The molecule has 3 rings (SSSR count). The molecule has 3 heteroatoms. The average Bonchev–Trinajstić information content (AvgIpc) is 2.81. The zero-order chi connectivity index (χ0) is 12.9. The molecule has 1 aliphatic heterocycles. The van der Waals surface area contributed by atoms with Crippen LogP contribution in [0.15, 0.2) is 47.7 Å². The maximum absolute atomic E-state index is 12.3. The molecular weight excluding hydrogens is 228 g/mol. The predicted molar refractivity (Wildman–Crippen MR) is 66.4 cm³/mol. The van der Waals surface area contributed by atoms with E-state index in [1.54, 1.807) is 24.3 Å². The van der Waals surface area contributed by atoms with Gasteiger partial charge in [-0.05, 0) is 12.5 Å². The zero-order valence-corrected chi connectivity index (χ0v) is 10.0. The van der Waals surface area contributed by atoms with E-state index >= 15 is 0 Å². The first-order valence-corrected chi connectivity index (χ1v) is 5.83. The van der Waals surface area contributed by atoms with Gasteiger partial charge in [-0.3, -0.25) is 9.59 Å². The van der Waals surface area contributed by atoms with Crippen LogP contribution < -0.4 is 0 Å². The first-order chi connectivity index (χ1) is 8.59. The number of ether oxygens (including phenoxy) is 1. The van der Waals surface area contributed by atoms with Crippen LogP contribution >= 0.6 is 0 Å². The lowest BCUT2D eigenvalue weighted by Crippen LogP contribution is -2.19. The molecule has 0 radical (unpaired) electrons. The number of carbonyl (C=O) groups excluding carboxylic acids is 2. The summed E-state index contributed by atoms with van der Waals surface area (Å²) in [5.41, 5.74) is 2.23.